The third-order valence-electron chi connectivity index (χ3n) is 8.72. The smallest absolute Gasteiger partial charge is 0.472 e. The number of hydrogen-bond donors (Lipinski definition) is 3. The lowest BCUT2D eigenvalue weighted by Crippen LogP contribution is -2.34. The SMILES string of the molecule is CCC/C=C\C/C=C\CCCCCCCC(=O)OCC(COP(=O)(O)OCC(N)C(=O)O)OC(=O)CCCCCCCC/C=C\C/C=C\C/C=C\CCCCC. The van der Waals surface area contributed by atoms with Crippen molar-refractivity contribution in [2.45, 2.75) is 180 Å². The molecule has 0 radical (unpaired) electrons. The number of nitrogens with two attached hydrogens (primary N) is 1. The number of esters is 2. The van der Waals surface area contributed by atoms with E-state index in [-0.39, 0.29) is 19.4 Å². The van der Waals surface area contributed by atoms with Crippen LogP contribution in [-0.2, 0) is 37.5 Å². The lowest BCUT2D eigenvalue weighted by molar-refractivity contribution is -0.161. The van der Waals surface area contributed by atoms with E-state index in [1.807, 2.05) is 0 Å². The van der Waals surface area contributed by atoms with Crippen LogP contribution in [0, 0.1) is 0 Å². The monoisotopic (exact) mass is 810 g/mol. The predicted octanol–water partition coefficient (Wildman–Crippen LogP) is 11.2. The molecule has 0 fully saturated rings. The van der Waals surface area contributed by atoms with Gasteiger partial charge >= 0.3 is 25.7 Å². The maximum Gasteiger partial charge on any atom is 0.472 e. The van der Waals surface area contributed by atoms with E-state index in [0.717, 1.165) is 96.3 Å². The van der Waals surface area contributed by atoms with Crippen molar-refractivity contribution in [1.82, 2.24) is 0 Å². The molecule has 0 aliphatic carbocycles. The van der Waals surface area contributed by atoms with Crippen LogP contribution in [0.15, 0.2) is 60.8 Å². The highest BCUT2D eigenvalue weighted by Crippen LogP contribution is 2.43. The summed E-state index contributed by atoms with van der Waals surface area (Å²) < 4.78 is 32.6. The highest BCUT2D eigenvalue weighted by molar-refractivity contribution is 7.47. The van der Waals surface area contributed by atoms with Crippen molar-refractivity contribution < 1.29 is 47.5 Å². The van der Waals surface area contributed by atoms with Gasteiger partial charge in [0.25, 0.3) is 0 Å². The van der Waals surface area contributed by atoms with Gasteiger partial charge in [0.15, 0.2) is 6.10 Å². The van der Waals surface area contributed by atoms with E-state index in [9.17, 15) is 23.8 Å². The van der Waals surface area contributed by atoms with Crippen LogP contribution in [0.5, 0.6) is 0 Å². The summed E-state index contributed by atoms with van der Waals surface area (Å²) in [4.78, 5) is 45.9. The van der Waals surface area contributed by atoms with E-state index < -0.39 is 51.1 Å². The van der Waals surface area contributed by atoms with E-state index >= 15 is 0 Å². The summed E-state index contributed by atoms with van der Waals surface area (Å²) in [5.41, 5.74) is 5.33. The number of carbonyl (C=O) groups excluding carboxylic acids is 2. The summed E-state index contributed by atoms with van der Waals surface area (Å²) in [6, 6.07) is -1.53. The first-order valence-corrected chi connectivity index (χ1v) is 22.8. The minimum absolute atomic E-state index is 0.141. The number of carboxylic acids is 1. The Morgan fingerprint density at radius 3 is 1.48 bits per heavy atom. The molecule has 0 spiro atoms. The Balaban J connectivity index is 4.42. The Labute approximate surface area is 338 Å². The third kappa shape index (κ3) is 38.1. The fourth-order valence-electron chi connectivity index (χ4n) is 5.34. The Morgan fingerprint density at radius 2 is 0.982 bits per heavy atom. The summed E-state index contributed by atoms with van der Waals surface area (Å²) in [7, 11) is -4.72. The molecule has 322 valence electrons. The first-order chi connectivity index (χ1) is 27.1. The van der Waals surface area contributed by atoms with Crippen LogP contribution in [0.1, 0.15) is 168 Å². The molecular weight excluding hydrogens is 733 g/mol. The first kappa shape index (κ1) is 53.2. The van der Waals surface area contributed by atoms with Crippen molar-refractivity contribution in [3.8, 4) is 0 Å². The number of phosphoric acid groups is 1. The molecule has 11 nitrogen and oxygen atoms in total. The van der Waals surface area contributed by atoms with Gasteiger partial charge < -0.3 is 25.2 Å². The zero-order chi connectivity index (χ0) is 41.4. The average Bonchev–Trinajstić information content (AvgIpc) is 3.17. The molecule has 12 heteroatoms. The van der Waals surface area contributed by atoms with Crippen LogP contribution < -0.4 is 5.73 Å². The molecule has 0 bridgehead atoms. The van der Waals surface area contributed by atoms with Crippen LogP contribution >= 0.6 is 7.82 Å². The molecule has 3 atom stereocenters. The number of allylic oxidation sites excluding steroid dienone is 10. The normalized spacial score (nSPS) is 14.4. The summed E-state index contributed by atoms with van der Waals surface area (Å²) in [6.07, 6.45) is 44.2. The lowest BCUT2D eigenvalue weighted by Gasteiger charge is -2.20. The average molecular weight is 810 g/mol. The van der Waals surface area contributed by atoms with Crippen LogP contribution in [0.2, 0.25) is 0 Å². The number of hydrogen-bond acceptors (Lipinski definition) is 9. The molecule has 0 amide bonds. The third-order valence-corrected chi connectivity index (χ3v) is 9.67. The Bertz CT molecular complexity index is 1180. The van der Waals surface area contributed by atoms with Gasteiger partial charge in [-0.25, -0.2) is 4.57 Å². The maximum absolute atomic E-state index is 12.6. The number of carboxylic acid groups (broad SMARTS) is 1. The minimum Gasteiger partial charge on any atom is -0.480 e. The van der Waals surface area contributed by atoms with E-state index in [4.69, 9.17) is 24.8 Å². The molecule has 4 N–H and O–H groups in total. The largest absolute Gasteiger partial charge is 0.480 e. The van der Waals surface area contributed by atoms with Crippen LogP contribution in [0.4, 0.5) is 0 Å². The summed E-state index contributed by atoms with van der Waals surface area (Å²) in [5.74, 6) is -2.42. The van der Waals surface area contributed by atoms with Gasteiger partial charge in [0.05, 0.1) is 13.2 Å². The van der Waals surface area contributed by atoms with Crippen LogP contribution in [0.3, 0.4) is 0 Å². The van der Waals surface area contributed by atoms with Gasteiger partial charge in [0, 0.05) is 12.8 Å². The summed E-state index contributed by atoms with van der Waals surface area (Å²) in [6.45, 7) is 2.67. The molecule has 0 aromatic carbocycles. The van der Waals surface area contributed by atoms with Crippen molar-refractivity contribution in [3.63, 3.8) is 0 Å². The van der Waals surface area contributed by atoms with Crippen LogP contribution in [-0.4, -0.2) is 59.9 Å². The molecule has 0 aliphatic heterocycles. The Morgan fingerprint density at radius 1 is 0.554 bits per heavy atom. The number of unbranched alkanes of at least 4 members (excludes halogenated alkanes) is 15. The first-order valence-electron chi connectivity index (χ1n) is 21.3. The van der Waals surface area contributed by atoms with Gasteiger partial charge in [-0.3, -0.25) is 23.4 Å². The molecule has 0 aliphatic rings. The topological polar surface area (TPSA) is 172 Å². The van der Waals surface area contributed by atoms with Gasteiger partial charge in [-0.2, -0.15) is 0 Å². The van der Waals surface area contributed by atoms with Crippen molar-refractivity contribution in [2.24, 2.45) is 5.73 Å². The summed E-state index contributed by atoms with van der Waals surface area (Å²) >= 11 is 0. The molecule has 3 unspecified atom stereocenters. The van der Waals surface area contributed by atoms with Gasteiger partial charge in [-0.05, 0) is 77.0 Å². The van der Waals surface area contributed by atoms with Gasteiger partial charge in [-0.15, -0.1) is 0 Å². The Kier molecular flexibility index (Phi) is 37.1. The molecule has 0 saturated heterocycles. The summed E-state index contributed by atoms with van der Waals surface area (Å²) in [5, 5.41) is 8.88. The second-order valence-electron chi connectivity index (χ2n) is 14.1. The molecule has 0 saturated carbocycles. The van der Waals surface area contributed by atoms with Crippen molar-refractivity contribution in [3.05, 3.63) is 60.8 Å². The van der Waals surface area contributed by atoms with Gasteiger partial charge in [-0.1, -0.05) is 139 Å². The molecule has 0 aromatic heterocycles. The Hall–Kier alpha value is -2.82. The van der Waals surface area contributed by atoms with E-state index in [2.05, 4.69) is 79.1 Å². The molecular formula is C44H76NO10P. The van der Waals surface area contributed by atoms with Gasteiger partial charge in [0.2, 0.25) is 0 Å². The number of ether oxygens (including phenoxy) is 2. The molecule has 0 rings (SSSR count). The number of aliphatic carboxylic acids is 1. The molecule has 56 heavy (non-hydrogen) atoms. The highest BCUT2D eigenvalue weighted by Gasteiger charge is 2.28. The van der Waals surface area contributed by atoms with Crippen molar-refractivity contribution in [2.75, 3.05) is 19.8 Å². The fourth-order valence-corrected chi connectivity index (χ4v) is 6.12. The zero-order valence-electron chi connectivity index (χ0n) is 34.7. The van der Waals surface area contributed by atoms with E-state index in [0.29, 0.717) is 12.8 Å². The fraction of sp³-hybridized carbons (Fsp3) is 0.705. The second-order valence-corrected chi connectivity index (χ2v) is 15.6. The minimum atomic E-state index is -4.72. The van der Waals surface area contributed by atoms with E-state index in [1.54, 1.807) is 0 Å². The number of carbonyl (C=O) groups is 3. The quantitative estimate of drug-likeness (QED) is 0.0233. The van der Waals surface area contributed by atoms with Gasteiger partial charge in [0.1, 0.15) is 12.6 Å². The van der Waals surface area contributed by atoms with Crippen LogP contribution in [0.25, 0.3) is 0 Å². The predicted molar refractivity (Wildman–Crippen MR) is 226 cm³/mol. The number of rotatable bonds is 39. The lowest BCUT2D eigenvalue weighted by atomic mass is 10.1. The molecule has 0 aromatic rings. The second kappa shape index (κ2) is 39.0. The van der Waals surface area contributed by atoms with Crippen molar-refractivity contribution >= 4 is 25.7 Å². The maximum atomic E-state index is 12.6. The van der Waals surface area contributed by atoms with E-state index in [1.165, 1.54) is 32.1 Å². The standard InChI is InChI=1S/C44H76NO10P/c1-3-5-7-9-11-13-15-17-18-19-20-21-22-24-26-28-30-32-34-36-43(47)55-40(38-53-56(50,51)54-39-41(45)44(48)49)37-52-42(46)35-33-31-29-27-25-23-16-14-12-10-8-6-4-2/h8,10-11,13-14,16-18,20-21,40-41H,3-7,9,12,15,19,22-39,45H2,1-2H3,(H,48,49)(H,50,51)/b10-8-,13-11-,16-14-,18-17-,21-20-. The van der Waals surface area contributed by atoms with Crippen molar-refractivity contribution in [1.29, 1.82) is 0 Å². The highest BCUT2D eigenvalue weighted by atomic mass is 31.2. The number of phosphoric ester groups is 1. The zero-order valence-corrected chi connectivity index (χ0v) is 35.6. The molecule has 0 heterocycles.